The van der Waals surface area contributed by atoms with Crippen molar-refractivity contribution in [3.63, 3.8) is 0 Å². The van der Waals surface area contributed by atoms with Gasteiger partial charge < -0.3 is 14.8 Å². The Kier molecular flexibility index (Phi) is 5.67. The Balaban J connectivity index is 1.74. The Morgan fingerprint density at radius 1 is 1.17 bits per heavy atom. The molecule has 1 amide bonds. The molecule has 0 unspecified atom stereocenters. The van der Waals surface area contributed by atoms with Gasteiger partial charge in [-0.15, -0.1) is 11.6 Å². The summed E-state index contributed by atoms with van der Waals surface area (Å²) in [6.07, 6.45) is 0. The van der Waals surface area contributed by atoms with Crippen LogP contribution in [-0.4, -0.2) is 40.4 Å². The van der Waals surface area contributed by atoms with Gasteiger partial charge in [-0.25, -0.2) is 0 Å². The van der Waals surface area contributed by atoms with Crippen LogP contribution in [0.4, 0.5) is 5.69 Å². The number of para-hydroxylation sites is 1. The maximum absolute atomic E-state index is 13.2. The standard InChI is InChI=1S/C22H18Cl2N4O2/c23-9-20(29)27-12-16(13-27)26-21-17-3-1-2-4-19(17)28(22(30)18(21)10-25)11-14-5-7-15(24)8-6-14/h1-8,16,26H,9,11-13H2. The molecule has 1 fully saturated rings. The van der Waals surface area contributed by atoms with Crippen molar-refractivity contribution in [3.8, 4) is 6.07 Å². The molecule has 4 rings (SSSR count). The summed E-state index contributed by atoms with van der Waals surface area (Å²) in [5, 5.41) is 14.5. The first-order valence-corrected chi connectivity index (χ1v) is 10.3. The van der Waals surface area contributed by atoms with Gasteiger partial charge in [-0.2, -0.15) is 5.26 Å². The number of carbonyl (C=O) groups is 1. The van der Waals surface area contributed by atoms with Gasteiger partial charge in [0, 0.05) is 23.5 Å². The normalized spacial score (nSPS) is 13.7. The molecular weight excluding hydrogens is 423 g/mol. The van der Waals surface area contributed by atoms with Crippen LogP contribution < -0.4 is 10.9 Å². The third-order valence-electron chi connectivity index (χ3n) is 5.24. The van der Waals surface area contributed by atoms with Gasteiger partial charge in [0.2, 0.25) is 5.91 Å². The summed E-state index contributed by atoms with van der Waals surface area (Å²) < 4.78 is 1.60. The third kappa shape index (κ3) is 3.74. The van der Waals surface area contributed by atoms with Crippen molar-refractivity contribution >= 4 is 45.7 Å². The lowest BCUT2D eigenvalue weighted by Crippen LogP contribution is -2.57. The van der Waals surface area contributed by atoms with Crippen LogP contribution in [0.1, 0.15) is 11.1 Å². The minimum absolute atomic E-state index is 0.0424. The highest BCUT2D eigenvalue weighted by molar-refractivity contribution is 6.30. The van der Waals surface area contributed by atoms with Gasteiger partial charge in [0.1, 0.15) is 17.5 Å². The smallest absolute Gasteiger partial charge is 0.271 e. The second kappa shape index (κ2) is 8.39. The molecule has 0 spiro atoms. The molecule has 0 atom stereocenters. The number of benzene rings is 2. The molecule has 1 aromatic heterocycles. The monoisotopic (exact) mass is 440 g/mol. The Morgan fingerprint density at radius 2 is 1.87 bits per heavy atom. The van der Waals surface area contributed by atoms with Crippen molar-refractivity contribution in [2.75, 3.05) is 24.3 Å². The molecule has 2 aromatic carbocycles. The molecule has 2 heterocycles. The number of carbonyl (C=O) groups excluding carboxylic acids is 1. The maximum atomic E-state index is 13.2. The van der Waals surface area contributed by atoms with Gasteiger partial charge in [0.05, 0.1) is 23.8 Å². The lowest BCUT2D eigenvalue weighted by Gasteiger charge is -2.40. The minimum atomic E-state index is -0.360. The highest BCUT2D eigenvalue weighted by Crippen LogP contribution is 2.28. The number of likely N-dealkylation sites (tertiary alicyclic amines) is 1. The zero-order valence-corrected chi connectivity index (χ0v) is 17.5. The summed E-state index contributed by atoms with van der Waals surface area (Å²) in [7, 11) is 0. The van der Waals surface area contributed by atoms with E-state index in [-0.39, 0.29) is 29.0 Å². The molecule has 8 heteroatoms. The highest BCUT2D eigenvalue weighted by atomic mass is 35.5. The molecule has 1 aliphatic heterocycles. The van der Waals surface area contributed by atoms with Crippen LogP contribution in [0.5, 0.6) is 0 Å². The number of rotatable bonds is 5. The number of fused-ring (bicyclic) bond motifs is 1. The van der Waals surface area contributed by atoms with Gasteiger partial charge in [0.25, 0.3) is 5.56 Å². The first kappa shape index (κ1) is 20.3. The van der Waals surface area contributed by atoms with Crippen molar-refractivity contribution in [1.82, 2.24) is 9.47 Å². The maximum Gasteiger partial charge on any atom is 0.271 e. The average Bonchev–Trinajstić information content (AvgIpc) is 2.73. The van der Waals surface area contributed by atoms with Crippen molar-refractivity contribution in [1.29, 1.82) is 5.26 Å². The van der Waals surface area contributed by atoms with E-state index in [1.165, 1.54) is 0 Å². The van der Waals surface area contributed by atoms with E-state index in [1.807, 2.05) is 36.4 Å². The number of halogens is 2. The molecule has 0 bridgehead atoms. The largest absolute Gasteiger partial charge is 0.377 e. The Bertz CT molecular complexity index is 1210. The number of hydrogen-bond donors (Lipinski definition) is 1. The van der Waals surface area contributed by atoms with Crippen LogP contribution in [0.15, 0.2) is 53.3 Å². The first-order valence-electron chi connectivity index (χ1n) is 9.42. The topological polar surface area (TPSA) is 78.1 Å². The molecule has 30 heavy (non-hydrogen) atoms. The lowest BCUT2D eigenvalue weighted by molar-refractivity contribution is -0.132. The van der Waals surface area contributed by atoms with Crippen molar-refractivity contribution in [3.05, 3.63) is 75.0 Å². The molecule has 0 radical (unpaired) electrons. The van der Waals surface area contributed by atoms with Crippen LogP contribution in [-0.2, 0) is 11.3 Å². The summed E-state index contributed by atoms with van der Waals surface area (Å²) in [6, 6.07) is 16.8. The van der Waals surface area contributed by atoms with Crippen molar-refractivity contribution in [2.45, 2.75) is 12.6 Å². The highest BCUT2D eigenvalue weighted by Gasteiger charge is 2.31. The van der Waals surface area contributed by atoms with E-state index in [9.17, 15) is 14.9 Å². The molecule has 1 saturated heterocycles. The van der Waals surface area contributed by atoms with Gasteiger partial charge in [0.15, 0.2) is 0 Å². The number of alkyl halides is 1. The summed E-state index contributed by atoms with van der Waals surface area (Å²) >= 11 is 11.6. The van der Waals surface area contributed by atoms with Gasteiger partial charge in [-0.05, 0) is 23.8 Å². The second-order valence-corrected chi connectivity index (χ2v) is 7.87. The predicted molar refractivity (Wildman–Crippen MR) is 118 cm³/mol. The van der Waals surface area contributed by atoms with Gasteiger partial charge in [-0.3, -0.25) is 9.59 Å². The van der Waals surface area contributed by atoms with E-state index in [4.69, 9.17) is 23.2 Å². The zero-order valence-electron chi connectivity index (χ0n) is 15.9. The van der Waals surface area contributed by atoms with E-state index in [0.29, 0.717) is 30.3 Å². The zero-order chi connectivity index (χ0) is 21.3. The molecule has 6 nitrogen and oxygen atoms in total. The van der Waals surface area contributed by atoms with Crippen molar-refractivity contribution in [2.24, 2.45) is 0 Å². The number of amides is 1. The molecular formula is C22H18Cl2N4O2. The van der Waals surface area contributed by atoms with E-state index < -0.39 is 0 Å². The molecule has 1 N–H and O–H groups in total. The Morgan fingerprint density at radius 3 is 2.53 bits per heavy atom. The number of nitriles is 1. The molecule has 0 aliphatic carbocycles. The Hall–Kier alpha value is -3.01. The quantitative estimate of drug-likeness (QED) is 0.616. The summed E-state index contributed by atoms with van der Waals surface area (Å²) in [4.78, 5) is 26.5. The first-order chi connectivity index (χ1) is 14.5. The Labute approximate surface area is 183 Å². The minimum Gasteiger partial charge on any atom is -0.377 e. The number of aromatic nitrogens is 1. The number of nitrogens with one attached hydrogen (secondary N) is 1. The molecule has 152 valence electrons. The van der Waals surface area contributed by atoms with E-state index in [2.05, 4.69) is 11.4 Å². The van der Waals surface area contributed by atoms with E-state index in [0.717, 1.165) is 16.5 Å². The lowest BCUT2D eigenvalue weighted by atomic mass is 10.0. The average molecular weight is 441 g/mol. The molecule has 0 saturated carbocycles. The fraction of sp³-hybridized carbons (Fsp3) is 0.227. The van der Waals surface area contributed by atoms with Crippen LogP contribution in [0.2, 0.25) is 5.02 Å². The van der Waals surface area contributed by atoms with E-state index >= 15 is 0 Å². The number of hydrogen-bond acceptors (Lipinski definition) is 4. The predicted octanol–water partition coefficient (Wildman–Crippen LogP) is 3.44. The van der Waals surface area contributed by atoms with Crippen LogP contribution in [0.3, 0.4) is 0 Å². The third-order valence-corrected chi connectivity index (χ3v) is 5.72. The molecule has 3 aromatic rings. The summed E-state index contributed by atoms with van der Waals surface area (Å²) in [6.45, 7) is 1.30. The number of nitrogens with zero attached hydrogens (tertiary/aromatic N) is 3. The number of anilines is 1. The SMILES string of the molecule is N#Cc1c(NC2CN(C(=O)CCl)C2)c2ccccc2n(Cc2ccc(Cl)cc2)c1=O. The molecule has 1 aliphatic rings. The van der Waals surface area contributed by atoms with Gasteiger partial charge in [-0.1, -0.05) is 41.9 Å². The van der Waals surface area contributed by atoms with Gasteiger partial charge >= 0.3 is 0 Å². The van der Waals surface area contributed by atoms with Crippen LogP contribution >= 0.6 is 23.2 Å². The fourth-order valence-corrected chi connectivity index (χ4v) is 3.95. The van der Waals surface area contributed by atoms with E-state index in [1.54, 1.807) is 21.6 Å². The summed E-state index contributed by atoms with van der Waals surface area (Å²) in [5.41, 5.74) is 1.84. The van der Waals surface area contributed by atoms with Crippen LogP contribution in [0.25, 0.3) is 10.9 Å². The second-order valence-electron chi connectivity index (χ2n) is 7.17. The fourth-order valence-electron chi connectivity index (χ4n) is 3.65. The van der Waals surface area contributed by atoms with Crippen molar-refractivity contribution < 1.29 is 4.79 Å². The number of pyridine rings is 1. The summed E-state index contributed by atoms with van der Waals surface area (Å²) in [5.74, 6) is -0.182. The van der Waals surface area contributed by atoms with Crippen LogP contribution in [0, 0.1) is 11.3 Å².